The molecule has 0 fully saturated rings. The predicted octanol–water partition coefficient (Wildman–Crippen LogP) is 4.29. The number of carbonyl (C=O) groups excluding carboxylic acids is 2. The van der Waals surface area contributed by atoms with Gasteiger partial charge in [-0.1, -0.05) is 38.1 Å². The van der Waals surface area contributed by atoms with Gasteiger partial charge in [-0.2, -0.15) is 0 Å². The maximum atomic E-state index is 13.6. The molecule has 0 radical (unpaired) electrons. The molecule has 0 bridgehead atoms. The maximum Gasteiger partial charge on any atom is 0.220 e. The largest absolute Gasteiger partial charge is 0.354 e. The highest BCUT2D eigenvalue weighted by Gasteiger charge is 2.15. The summed E-state index contributed by atoms with van der Waals surface area (Å²) in [5.74, 6) is -2.14. The van der Waals surface area contributed by atoms with Gasteiger partial charge in [-0.25, -0.2) is 8.78 Å². The van der Waals surface area contributed by atoms with E-state index in [0.717, 1.165) is 17.7 Å². The van der Waals surface area contributed by atoms with Gasteiger partial charge in [0.05, 0.1) is 5.56 Å². The Labute approximate surface area is 169 Å². The van der Waals surface area contributed by atoms with Crippen LogP contribution in [0.15, 0.2) is 42.5 Å². The highest BCUT2D eigenvalue weighted by Crippen LogP contribution is 2.17. The molecule has 2 aromatic rings. The molecule has 0 aromatic heterocycles. The second kappa shape index (κ2) is 10.9. The highest BCUT2D eigenvalue weighted by molar-refractivity contribution is 5.98. The standard InChI is InChI=1S/C21H24F2N2O2.ClH/c1-13(2)14-3-5-15(6-4-14)19(24)12-25-21(27)10-9-20(26)17-8-7-16(22)11-18(17)23;/h3-8,11,13,19H,9-10,12,24H2,1-2H3,(H,25,27);1H. The van der Waals surface area contributed by atoms with Gasteiger partial charge in [-0.3, -0.25) is 9.59 Å². The van der Waals surface area contributed by atoms with Crippen LogP contribution in [0.4, 0.5) is 8.78 Å². The first-order chi connectivity index (χ1) is 12.8. The smallest absolute Gasteiger partial charge is 0.220 e. The third-order valence-corrected chi connectivity index (χ3v) is 4.36. The number of carbonyl (C=O) groups is 2. The van der Waals surface area contributed by atoms with Crippen molar-refractivity contribution in [3.63, 3.8) is 0 Å². The summed E-state index contributed by atoms with van der Waals surface area (Å²) >= 11 is 0. The zero-order chi connectivity index (χ0) is 20.0. The third-order valence-electron chi connectivity index (χ3n) is 4.36. The Hall–Kier alpha value is -2.31. The molecule has 0 spiro atoms. The van der Waals surface area contributed by atoms with Crippen LogP contribution in [-0.2, 0) is 4.79 Å². The van der Waals surface area contributed by atoms with Crippen molar-refractivity contribution in [2.75, 3.05) is 6.54 Å². The maximum absolute atomic E-state index is 13.6. The Kier molecular flexibility index (Phi) is 9.22. The lowest BCUT2D eigenvalue weighted by Gasteiger charge is -2.14. The van der Waals surface area contributed by atoms with Gasteiger partial charge in [0.2, 0.25) is 5.91 Å². The van der Waals surface area contributed by atoms with Crippen LogP contribution in [-0.4, -0.2) is 18.2 Å². The van der Waals surface area contributed by atoms with Gasteiger partial charge in [0.25, 0.3) is 0 Å². The molecule has 0 heterocycles. The van der Waals surface area contributed by atoms with E-state index < -0.39 is 17.4 Å². The lowest BCUT2D eigenvalue weighted by atomic mass is 9.99. The zero-order valence-corrected chi connectivity index (χ0v) is 16.7. The van der Waals surface area contributed by atoms with Crippen molar-refractivity contribution < 1.29 is 18.4 Å². The van der Waals surface area contributed by atoms with Crippen LogP contribution in [0.3, 0.4) is 0 Å². The van der Waals surface area contributed by atoms with E-state index in [-0.39, 0.29) is 49.3 Å². The Balaban J connectivity index is 0.00000392. The van der Waals surface area contributed by atoms with Crippen LogP contribution in [0.2, 0.25) is 0 Å². The summed E-state index contributed by atoms with van der Waals surface area (Å²) in [5, 5.41) is 2.68. The van der Waals surface area contributed by atoms with E-state index in [2.05, 4.69) is 19.2 Å². The van der Waals surface area contributed by atoms with Gasteiger partial charge in [-0.15, -0.1) is 12.4 Å². The molecule has 7 heteroatoms. The van der Waals surface area contributed by atoms with E-state index in [4.69, 9.17) is 5.73 Å². The van der Waals surface area contributed by atoms with E-state index in [9.17, 15) is 18.4 Å². The van der Waals surface area contributed by atoms with Crippen LogP contribution >= 0.6 is 12.4 Å². The number of nitrogens with one attached hydrogen (secondary N) is 1. The topological polar surface area (TPSA) is 72.2 Å². The molecule has 1 amide bonds. The fraction of sp³-hybridized carbons (Fsp3) is 0.333. The summed E-state index contributed by atoms with van der Waals surface area (Å²) in [6, 6.07) is 10.3. The van der Waals surface area contributed by atoms with Gasteiger partial charge >= 0.3 is 0 Å². The second-order valence-electron chi connectivity index (χ2n) is 6.78. The fourth-order valence-corrected chi connectivity index (χ4v) is 2.64. The number of ketones is 1. The third kappa shape index (κ3) is 6.69. The molecule has 152 valence electrons. The number of amides is 1. The molecule has 0 saturated heterocycles. The number of hydrogen-bond donors (Lipinski definition) is 2. The number of hydrogen-bond acceptors (Lipinski definition) is 3. The van der Waals surface area contributed by atoms with Crippen molar-refractivity contribution in [1.29, 1.82) is 0 Å². The van der Waals surface area contributed by atoms with Gasteiger partial charge in [-0.05, 0) is 29.2 Å². The molecule has 0 aliphatic carbocycles. The van der Waals surface area contributed by atoms with Crippen molar-refractivity contribution in [3.05, 3.63) is 70.8 Å². The first-order valence-electron chi connectivity index (χ1n) is 8.88. The predicted molar refractivity (Wildman–Crippen MR) is 108 cm³/mol. The number of Topliss-reactive ketones (excluding diaryl/α,β-unsaturated/α-hetero) is 1. The molecule has 0 saturated carbocycles. The molecule has 3 N–H and O–H groups in total. The van der Waals surface area contributed by atoms with Gasteiger partial charge in [0.1, 0.15) is 11.6 Å². The van der Waals surface area contributed by atoms with Gasteiger partial charge < -0.3 is 11.1 Å². The van der Waals surface area contributed by atoms with Crippen LogP contribution in [0, 0.1) is 11.6 Å². The van der Waals surface area contributed by atoms with Crippen LogP contribution in [0.25, 0.3) is 0 Å². The van der Waals surface area contributed by atoms with Gasteiger partial charge in [0.15, 0.2) is 5.78 Å². The Bertz CT molecular complexity index is 811. The van der Waals surface area contributed by atoms with Gasteiger partial charge in [0, 0.05) is 31.5 Å². The SMILES string of the molecule is CC(C)c1ccc(C(N)CNC(=O)CCC(=O)c2ccc(F)cc2F)cc1.Cl. The molecule has 0 aliphatic rings. The molecule has 28 heavy (non-hydrogen) atoms. The molecule has 1 atom stereocenters. The summed E-state index contributed by atoms with van der Waals surface area (Å²) < 4.78 is 26.4. The lowest BCUT2D eigenvalue weighted by Crippen LogP contribution is -2.32. The second-order valence-corrected chi connectivity index (χ2v) is 6.78. The van der Waals surface area contributed by atoms with Crippen LogP contribution in [0.1, 0.15) is 60.1 Å². The van der Waals surface area contributed by atoms with E-state index in [1.165, 1.54) is 5.56 Å². The normalized spacial score (nSPS) is 11.6. The lowest BCUT2D eigenvalue weighted by molar-refractivity contribution is -0.121. The Morgan fingerprint density at radius 1 is 1.00 bits per heavy atom. The zero-order valence-electron chi connectivity index (χ0n) is 15.9. The van der Waals surface area contributed by atoms with E-state index in [1.807, 2.05) is 24.3 Å². The molecular formula is C21H25ClF2N2O2. The van der Waals surface area contributed by atoms with Crippen molar-refractivity contribution in [2.45, 2.75) is 38.6 Å². The van der Waals surface area contributed by atoms with Crippen LogP contribution in [0.5, 0.6) is 0 Å². The Morgan fingerprint density at radius 2 is 1.61 bits per heavy atom. The summed E-state index contributed by atoms with van der Waals surface area (Å²) in [5.41, 5.74) is 7.98. The average molecular weight is 411 g/mol. The summed E-state index contributed by atoms with van der Waals surface area (Å²) in [7, 11) is 0. The van der Waals surface area contributed by atoms with E-state index in [1.54, 1.807) is 0 Å². The first kappa shape index (κ1) is 23.7. The van der Waals surface area contributed by atoms with Crippen molar-refractivity contribution in [2.24, 2.45) is 5.73 Å². The quantitative estimate of drug-likeness (QED) is 0.637. The van der Waals surface area contributed by atoms with Crippen LogP contribution < -0.4 is 11.1 Å². The monoisotopic (exact) mass is 410 g/mol. The Morgan fingerprint density at radius 3 is 2.18 bits per heavy atom. The van der Waals surface area contributed by atoms with Crippen molar-refractivity contribution in [1.82, 2.24) is 5.32 Å². The molecule has 2 aromatic carbocycles. The molecular weight excluding hydrogens is 386 g/mol. The minimum absolute atomic E-state index is 0. The molecule has 1 unspecified atom stereocenters. The number of rotatable bonds is 8. The fourth-order valence-electron chi connectivity index (χ4n) is 2.64. The summed E-state index contributed by atoms with van der Waals surface area (Å²) in [6.45, 7) is 4.45. The number of halogens is 3. The summed E-state index contributed by atoms with van der Waals surface area (Å²) in [6.07, 6.45) is -0.249. The van der Waals surface area contributed by atoms with Crippen molar-refractivity contribution in [3.8, 4) is 0 Å². The molecule has 4 nitrogen and oxygen atoms in total. The molecule has 0 aliphatic heterocycles. The van der Waals surface area contributed by atoms with E-state index in [0.29, 0.717) is 12.0 Å². The summed E-state index contributed by atoms with van der Waals surface area (Å²) in [4.78, 5) is 23.9. The van der Waals surface area contributed by atoms with E-state index >= 15 is 0 Å². The molecule has 2 rings (SSSR count). The average Bonchev–Trinajstić information content (AvgIpc) is 2.64. The number of benzene rings is 2. The van der Waals surface area contributed by atoms with Crippen molar-refractivity contribution >= 4 is 24.1 Å². The first-order valence-corrected chi connectivity index (χ1v) is 8.88. The number of nitrogens with two attached hydrogens (primary N) is 1. The highest BCUT2D eigenvalue weighted by atomic mass is 35.5. The minimum Gasteiger partial charge on any atom is -0.354 e. The minimum atomic E-state index is -0.924.